The summed E-state index contributed by atoms with van der Waals surface area (Å²) in [5.74, 6) is 1.06. The smallest absolute Gasteiger partial charge is 0.250 e. The molecule has 160 valence electrons. The number of hydrogen-bond donors (Lipinski definition) is 1. The van der Waals surface area contributed by atoms with Crippen molar-refractivity contribution in [1.29, 1.82) is 0 Å². The normalized spacial score (nSPS) is 20.0. The molecule has 1 aliphatic rings. The molecule has 1 unspecified atom stereocenters. The van der Waals surface area contributed by atoms with Gasteiger partial charge in [0.15, 0.2) is 5.96 Å². The molecule has 6 heteroatoms. The number of halogens is 1. The predicted octanol–water partition coefficient (Wildman–Crippen LogP) is 4.42. The number of aryl methyl sites for hydroxylation is 1. The van der Waals surface area contributed by atoms with Gasteiger partial charge in [0.05, 0.1) is 0 Å². The van der Waals surface area contributed by atoms with Crippen molar-refractivity contribution in [2.75, 3.05) is 26.2 Å². The molecule has 5 nitrogen and oxygen atoms in total. The average molecular weight is 502 g/mol. The fraction of sp³-hybridized carbons (Fsp3) is 0.727. The van der Waals surface area contributed by atoms with E-state index in [1.165, 1.54) is 25.7 Å². The Morgan fingerprint density at radius 2 is 2.07 bits per heavy atom. The third-order valence-electron chi connectivity index (χ3n) is 5.59. The molecule has 2 heterocycles. The lowest BCUT2D eigenvalue weighted by molar-refractivity contribution is 0.142. The van der Waals surface area contributed by atoms with Crippen molar-refractivity contribution in [2.45, 2.75) is 72.8 Å². The summed E-state index contributed by atoms with van der Waals surface area (Å²) in [5, 5.41) is 3.48. The van der Waals surface area contributed by atoms with Crippen LogP contribution in [0.4, 0.5) is 0 Å². The van der Waals surface area contributed by atoms with Crippen LogP contribution in [-0.2, 0) is 6.54 Å². The maximum absolute atomic E-state index is 11.9. The van der Waals surface area contributed by atoms with Gasteiger partial charge in [-0.3, -0.25) is 9.79 Å². The maximum Gasteiger partial charge on any atom is 0.250 e. The van der Waals surface area contributed by atoms with Crippen LogP contribution in [0.3, 0.4) is 0 Å². The van der Waals surface area contributed by atoms with E-state index in [1.807, 2.05) is 23.6 Å². The van der Waals surface area contributed by atoms with Crippen molar-refractivity contribution in [2.24, 2.45) is 10.4 Å². The summed E-state index contributed by atoms with van der Waals surface area (Å²) in [7, 11) is 0. The molecule has 28 heavy (non-hydrogen) atoms. The van der Waals surface area contributed by atoms with Crippen molar-refractivity contribution in [3.8, 4) is 0 Å². The van der Waals surface area contributed by atoms with Crippen LogP contribution in [0.2, 0.25) is 0 Å². The molecule has 0 spiro atoms. The van der Waals surface area contributed by atoms with E-state index in [9.17, 15) is 4.79 Å². The van der Waals surface area contributed by atoms with E-state index in [0.717, 1.165) is 57.2 Å². The molecule has 0 amide bonds. The van der Waals surface area contributed by atoms with Gasteiger partial charge in [0, 0.05) is 44.5 Å². The van der Waals surface area contributed by atoms with Crippen LogP contribution >= 0.6 is 24.0 Å². The molecule has 1 saturated heterocycles. The van der Waals surface area contributed by atoms with Crippen LogP contribution in [-0.4, -0.2) is 41.6 Å². The Hall–Kier alpha value is -1.05. The third-order valence-corrected chi connectivity index (χ3v) is 5.59. The molecular weight excluding hydrogens is 463 g/mol. The second-order valence-electron chi connectivity index (χ2n) is 8.19. The lowest BCUT2D eigenvalue weighted by atomic mass is 9.78. The molecule has 1 aromatic heterocycles. The Bertz CT molecular complexity index is 669. The topological polar surface area (TPSA) is 49.6 Å². The zero-order valence-electron chi connectivity index (χ0n) is 18.2. The Kier molecular flexibility index (Phi) is 11.2. The minimum absolute atomic E-state index is 0. The first kappa shape index (κ1) is 25.0. The lowest BCUT2D eigenvalue weighted by Gasteiger charge is -2.42. The number of pyridine rings is 1. The highest BCUT2D eigenvalue weighted by molar-refractivity contribution is 14.0. The fourth-order valence-electron chi connectivity index (χ4n) is 4.21. The van der Waals surface area contributed by atoms with Crippen LogP contribution in [0, 0.1) is 12.3 Å². The molecule has 0 saturated carbocycles. The van der Waals surface area contributed by atoms with E-state index in [1.54, 1.807) is 6.07 Å². The number of nitrogens with zero attached hydrogens (tertiary/aromatic N) is 3. The molecule has 0 bridgehead atoms. The molecule has 0 radical (unpaired) electrons. The molecular formula is C22H39IN4O. The number of rotatable bonds is 8. The SMILES string of the molecule is CCCC1(C)CCCN(C(=NCCCCn2c(C)cccc2=O)NCC)C1.I. The third kappa shape index (κ3) is 7.41. The first-order chi connectivity index (χ1) is 13.0. The van der Waals surface area contributed by atoms with Crippen molar-refractivity contribution in [3.05, 3.63) is 34.2 Å². The van der Waals surface area contributed by atoms with Crippen LogP contribution in [0.1, 0.15) is 65.0 Å². The summed E-state index contributed by atoms with van der Waals surface area (Å²) >= 11 is 0. The highest BCUT2D eigenvalue weighted by Crippen LogP contribution is 2.33. The van der Waals surface area contributed by atoms with Crippen LogP contribution in [0.5, 0.6) is 0 Å². The van der Waals surface area contributed by atoms with E-state index < -0.39 is 0 Å². The monoisotopic (exact) mass is 502 g/mol. The molecule has 1 fully saturated rings. The van der Waals surface area contributed by atoms with Gasteiger partial charge in [-0.25, -0.2) is 0 Å². The number of aromatic nitrogens is 1. The van der Waals surface area contributed by atoms with Crippen LogP contribution in [0.25, 0.3) is 0 Å². The molecule has 0 aliphatic carbocycles. The van der Waals surface area contributed by atoms with Gasteiger partial charge in [-0.1, -0.05) is 26.3 Å². The van der Waals surface area contributed by atoms with Gasteiger partial charge < -0.3 is 14.8 Å². The highest BCUT2D eigenvalue weighted by Gasteiger charge is 2.31. The van der Waals surface area contributed by atoms with E-state index in [-0.39, 0.29) is 29.5 Å². The minimum Gasteiger partial charge on any atom is -0.357 e. The van der Waals surface area contributed by atoms with E-state index in [4.69, 9.17) is 4.99 Å². The average Bonchev–Trinajstić information content (AvgIpc) is 2.62. The summed E-state index contributed by atoms with van der Waals surface area (Å²) < 4.78 is 1.86. The van der Waals surface area contributed by atoms with Crippen molar-refractivity contribution in [1.82, 2.24) is 14.8 Å². The number of piperidine rings is 1. The molecule has 1 aliphatic heterocycles. The summed E-state index contributed by atoms with van der Waals surface area (Å²) in [4.78, 5) is 19.3. The predicted molar refractivity (Wildman–Crippen MR) is 130 cm³/mol. The molecule has 0 aromatic carbocycles. The summed E-state index contributed by atoms with van der Waals surface area (Å²) in [5.41, 5.74) is 1.54. The first-order valence-electron chi connectivity index (χ1n) is 10.7. The molecule has 1 atom stereocenters. The Morgan fingerprint density at radius 3 is 2.75 bits per heavy atom. The fourth-order valence-corrected chi connectivity index (χ4v) is 4.21. The van der Waals surface area contributed by atoms with Gasteiger partial charge in [-0.05, 0) is 57.4 Å². The molecule has 2 rings (SSSR count). The molecule has 1 aromatic rings. The minimum atomic E-state index is 0. The van der Waals surface area contributed by atoms with Gasteiger partial charge in [0.2, 0.25) is 0 Å². The van der Waals surface area contributed by atoms with Crippen LogP contribution < -0.4 is 10.9 Å². The van der Waals surface area contributed by atoms with Crippen LogP contribution in [0.15, 0.2) is 28.0 Å². The Morgan fingerprint density at radius 1 is 1.29 bits per heavy atom. The first-order valence-corrected chi connectivity index (χ1v) is 10.7. The second-order valence-corrected chi connectivity index (χ2v) is 8.19. The number of aliphatic imine (C=N–C) groups is 1. The van der Waals surface area contributed by atoms with E-state index in [0.29, 0.717) is 5.41 Å². The quantitative estimate of drug-likeness (QED) is 0.248. The summed E-state index contributed by atoms with van der Waals surface area (Å²) in [6.07, 6.45) is 7.07. The Balaban J connectivity index is 0.00000392. The Labute approximate surface area is 188 Å². The van der Waals surface area contributed by atoms with Crippen molar-refractivity contribution < 1.29 is 0 Å². The van der Waals surface area contributed by atoms with Gasteiger partial charge in [0.1, 0.15) is 0 Å². The number of nitrogens with one attached hydrogen (secondary N) is 1. The van der Waals surface area contributed by atoms with Gasteiger partial charge in [-0.15, -0.1) is 24.0 Å². The van der Waals surface area contributed by atoms with E-state index in [2.05, 4.69) is 31.0 Å². The number of likely N-dealkylation sites (tertiary alicyclic amines) is 1. The lowest BCUT2D eigenvalue weighted by Crippen LogP contribution is -2.49. The summed E-state index contributed by atoms with van der Waals surface area (Å²) in [6.45, 7) is 13.5. The van der Waals surface area contributed by atoms with Gasteiger partial charge in [-0.2, -0.15) is 0 Å². The number of hydrogen-bond acceptors (Lipinski definition) is 2. The maximum atomic E-state index is 11.9. The number of guanidine groups is 1. The van der Waals surface area contributed by atoms with Crippen molar-refractivity contribution in [3.63, 3.8) is 0 Å². The zero-order chi connectivity index (χ0) is 19.7. The van der Waals surface area contributed by atoms with Crippen molar-refractivity contribution >= 4 is 29.9 Å². The largest absolute Gasteiger partial charge is 0.357 e. The standard InChI is InChI=1S/C22H38N4O.HI/c1-5-13-22(4)14-10-16-25(18-22)21(23-6-2)24-15-7-8-17-26-19(3)11-9-12-20(26)27;/h9,11-12H,5-8,10,13-18H2,1-4H3,(H,23,24);1H. The second kappa shape index (κ2) is 12.5. The molecule has 1 N–H and O–H groups in total. The van der Waals surface area contributed by atoms with Gasteiger partial charge >= 0.3 is 0 Å². The van der Waals surface area contributed by atoms with Gasteiger partial charge in [0.25, 0.3) is 5.56 Å². The number of unbranched alkanes of at least 4 members (excludes halogenated alkanes) is 1. The summed E-state index contributed by atoms with van der Waals surface area (Å²) in [6, 6.07) is 5.46. The highest BCUT2D eigenvalue weighted by atomic mass is 127. The van der Waals surface area contributed by atoms with E-state index >= 15 is 0 Å². The zero-order valence-corrected chi connectivity index (χ0v) is 20.5.